The molecule has 0 radical (unpaired) electrons. The van der Waals surface area contributed by atoms with E-state index in [9.17, 15) is 10.1 Å². The topological polar surface area (TPSA) is 90.7 Å². The Labute approximate surface area is 156 Å². The van der Waals surface area contributed by atoms with Crippen LogP contribution in [-0.2, 0) is 4.79 Å². The van der Waals surface area contributed by atoms with Crippen LogP contribution in [0.25, 0.3) is 0 Å². The van der Waals surface area contributed by atoms with Crippen LogP contribution in [0.3, 0.4) is 0 Å². The number of amides is 1. The van der Waals surface area contributed by atoms with Crippen molar-refractivity contribution in [3.8, 4) is 6.07 Å². The average Bonchev–Trinajstić information content (AvgIpc) is 3.02. The maximum Gasteiger partial charge on any atom is 0.234 e. The second-order valence-corrected chi connectivity index (χ2v) is 8.65. The van der Waals surface area contributed by atoms with Gasteiger partial charge in [0.1, 0.15) is 5.54 Å². The number of nitriles is 1. The number of aromatic nitrogens is 2. The third-order valence-corrected chi connectivity index (χ3v) is 5.87. The van der Waals surface area contributed by atoms with E-state index >= 15 is 0 Å². The number of benzene rings is 1. The fraction of sp³-hybridized carbons (Fsp3) is 0.412. The number of nitrogens with zero attached hydrogens (tertiary/aromatic N) is 3. The van der Waals surface area contributed by atoms with E-state index in [0.717, 1.165) is 5.69 Å². The Morgan fingerprint density at radius 3 is 2.56 bits per heavy atom. The first-order chi connectivity index (χ1) is 11.8. The van der Waals surface area contributed by atoms with Gasteiger partial charge in [-0.1, -0.05) is 55.1 Å². The van der Waals surface area contributed by atoms with Crippen molar-refractivity contribution < 1.29 is 4.79 Å². The lowest BCUT2D eigenvalue weighted by atomic mass is 9.90. The molecule has 2 unspecified atom stereocenters. The van der Waals surface area contributed by atoms with Gasteiger partial charge in [0.15, 0.2) is 4.34 Å². The summed E-state index contributed by atoms with van der Waals surface area (Å²) >= 11 is 2.72. The summed E-state index contributed by atoms with van der Waals surface area (Å²) < 4.78 is 0.698. The molecule has 25 heavy (non-hydrogen) atoms. The highest BCUT2D eigenvalue weighted by atomic mass is 32.2. The maximum absolute atomic E-state index is 12.4. The second kappa shape index (κ2) is 8.32. The Bertz CT molecular complexity index is 756. The number of carbonyl (C=O) groups is 1. The van der Waals surface area contributed by atoms with E-state index in [2.05, 4.69) is 26.9 Å². The highest BCUT2D eigenvalue weighted by molar-refractivity contribution is 8.02. The Balaban J connectivity index is 1.96. The van der Waals surface area contributed by atoms with E-state index in [1.165, 1.54) is 23.1 Å². The fourth-order valence-electron chi connectivity index (χ4n) is 1.82. The molecule has 1 aromatic heterocycles. The standard InChI is InChI=1S/C17H21N5OS2/c1-11(2)17(4,10-18)20-14(23)12(3)24-16-22-21-15(25-16)19-13-8-6-5-7-9-13/h5-9,11-12H,1-4H3,(H,19,21)(H,20,23). The molecular weight excluding hydrogens is 354 g/mol. The Kier molecular flexibility index (Phi) is 6.39. The molecule has 0 aliphatic carbocycles. The Morgan fingerprint density at radius 1 is 1.28 bits per heavy atom. The van der Waals surface area contributed by atoms with E-state index in [-0.39, 0.29) is 17.1 Å². The number of hydrogen-bond donors (Lipinski definition) is 2. The predicted octanol–water partition coefficient (Wildman–Crippen LogP) is 3.82. The van der Waals surface area contributed by atoms with Crippen molar-refractivity contribution in [1.29, 1.82) is 5.26 Å². The van der Waals surface area contributed by atoms with E-state index < -0.39 is 5.54 Å². The van der Waals surface area contributed by atoms with Crippen LogP contribution >= 0.6 is 23.1 Å². The molecule has 0 spiro atoms. The number of thioether (sulfide) groups is 1. The summed E-state index contributed by atoms with van der Waals surface area (Å²) in [6, 6.07) is 11.9. The molecule has 0 aliphatic heterocycles. The van der Waals surface area contributed by atoms with E-state index in [1.54, 1.807) is 13.8 Å². The summed E-state index contributed by atoms with van der Waals surface area (Å²) in [7, 11) is 0. The third kappa shape index (κ3) is 5.18. The van der Waals surface area contributed by atoms with Crippen molar-refractivity contribution in [2.24, 2.45) is 5.92 Å². The zero-order valence-electron chi connectivity index (χ0n) is 14.6. The highest BCUT2D eigenvalue weighted by Gasteiger charge is 2.32. The quantitative estimate of drug-likeness (QED) is 0.715. The van der Waals surface area contributed by atoms with Crippen molar-refractivity contribution in [2.75, 3.05) is 5.32 Å². The molecule has 132 valence electrons. The van der Waals surface area contributed by atoms with Gasteiger partial charge in [-0.15, -0.1) is 10.2 Å². The number of anilines is 2. The first-order valence-corrected chi connectivity index (χ1v) is 9.59. The molecule has 0 bridgehead atoms. The predicted molar refractivity (Wildman–Crippen MR) is 102 cm³/mol. The number of nitrogens with one attached hydrogen (secondary N) is 2. The average molecular weight is 376 g/mol. The summed E-state index contributed by atoms with van der Waals surface area (Å²) in [5.41, 5.74) is 0.0512. The minimum atomic E-state index is -0.882. The van der Waals surface area contributed by atoms with Gasteiger partial charge in [0.05, 0.1) is 11.3 Å². The van der Waals surface area contributed by atoms with Crippen molar-refractivity contribution in [3.05, 3.63) is 30.3 Å². The maximum atomic E-state index is 12.4. The van der Waals surface area contributed by atoms with Gasteiger partial charge in [-0.05, 0) is 31.9 Å². The zero-order valence-corrected chi connectivity index (χ0v) is 16.2. The van der Waals surface area contributed by atoms with Crippen molar-refractivity contribution in [1.82, 2.24) is 15.5 Å². The lowest BCUT2D eigenvalue weighted by Gasteiger charge is -2.28. The first kappa shape index (κ1) is 19.2. The Morgan fingerprint density at radius 2 is 1.96 bits per heavy atom. The van der Waals surface area contributed by atoms with Gasteiger partial charge in [-0.25, -0.2) is 0 Å². The van der Waals surface area contributed by atoms with Crippen LogP contribution in [0, 0.1) is 17.2 Å². The summed E-state index contributed by atoms with van der Waals surface area (Å²) in [5.74, 6) is -0.169. The lowest BCUT2D eigenvalue weighted by molar-refractivity contribution is -0.121. The van der Waals surface area contributed by atoms with Crippen LogP contribution in [0.1, 0.15) is 27.7 Å². The highest BCUT2D eigenvalue weighted by Crippen LogP contribution is 2.30. The minimum Gasteiger partial charge on any atom is -0.337 e. The van der Waals surface area contributed by atoms with Gasteiger partial charge in [-0.2, -0.15) is 5.26 Å². The van der Waals surface area contributed by atoms with Gasteiger partial charge in [-0.3, -0.25) is 4.79 Å². The molecule has 0 saturated heterocycles. The molecule has 2 rings (SSSR count). The van der Waals surface area contributed by atoms with Crippen molar-refractivity contribution in [2.45, 2.75) is 42.8 Å². The van der Waals surface area contributed by atoms with Crippen LogP contribution < -0.4 is 10.6 Å². The second-order valence-electron chi connectivity index (χ2n) is 6.08. The molecule has 6 nitrogen and oxygen atoms in total. The fourth-order valence-corrected chi connectivity index (χ4v) is 3.73. The van der Waals surface area contributed by atoms with Crippen molar-refractivity contribution in [3.63, 3.8) is 0 Å². The number of hydrogen-bond acceptors (Lipinski definition) is 7. The summed E-state index contributed by atoms with van der Waals surface area (Å²) in [4.78, 5) is 12.4. The van der Waals surface area contributed by atoms with E-state index in [1.807, 2.05) is 44.2 Å². The molecule has 0 aliphatic rings. The van der Waals surface area contributed by atoms with Gasteiger partial charge in [0.2, 0.25) is 11.0 Å². The molecule has 1 aromatic carbocycles. The minimum absolute atomic E-state index is 0.0156. The van der Waals surface area contributed by atoms with Crippen LogP contribution in [-0.4, -0.2) is 26.9 Å². The van der Waals surface area contributed by atoms with Crippen LogP contribution in [0.4, 0.5) is 10.8 Å². The monoisotopic (exact) mass is 375 g/mol. The largest absolute Gasteiger partial charge is 0.337 e. The summed E-state index contributed by atoms with van der Waals surface area (Å²) in [6.07, 6.45) is 0. The summed E-state index contributed by atoms with van der Waals surface area (Å²) in [5, 5.41) is 23.8. The van der Waals surface area contributed by atoms with Crippen LogP contribution in [0.5, 0.6) is 0 Å². The van der Waals surface area contributed by atoms with Crippen molar-refractivity contribution >= 4 is 39.8 Å². The molecule has 2 aromatic rings. The van der Waals surface area contributed by atoms with Gasteiger partial charge >= 0.3 is 0 Å². The van der Waals surface area contributed by atoms with Gasteiger partial charge in [0.25, 0.3) is 0 Å². The Hall–Kier alpha value is -2.11. The SMILES string of the molecule is CC(Sc1nnc(Nc2ccccc2)s1)C(=O)NC(C)(C#N)C(C)C. The van der Waals surface area contributed by atoms with Gasteiger partial charge < -0.3 is 10.6 Å². The molecule has 0 saturated carbocycles. The molecular formula is C17H21N5OS2. The molecule has 1 heterocycles. The molecule has 8 heteroatoms. The van der Waals surface area contributed by atoms with E-state index in [4.69, 9.17) is 0 Å². The van der Waals surface area contributed by atoms with Crippen LogP contribution in [0.2, 0.25) is 0 Å². The number of rotatable bonds is 7. The number of carbonyl (C=O) groups excluding carboxylic acids is 1. The van der Waals surface area contributed by atoms with Crippen LogP contribution in [0.15, 0.2) is 34.7 Å². The smallest absolute Gasteiger partial charge is 0.234 e. The van der Waals surface area contributed by atoms with Gasteiger partial charge in [0, 0.05) is 5.69 Å². The molecule has 2 atom stereocenters. The molecule has 2 N–H and O–H groups in total. The van der Waals surface area contributed by atoms with E-state index in [0.29, 0.717) is 9.47 Å². The first-order valence-electron chi connectivity index (χ1n) is 7.89. The lowest BCUT2D eigenvalue weighted by Crippen LogP contribution is -2.51. The molecule has 0 fully saturated rings. The third-order valence-electron chi connectivity index (χ3n) is 3.85. The summed E-state index contributed by atoms with van der Waals surface area (Å²) in [6.45, 7) is 7.35. The zero-order chi connectivity index (χ0) is 18.4. The number of para-hydroxylation sites is 1. The molecule has 1 amide bonds. The normalized spacial score (nSPS) is 14.4.